The van der Waals surface area contributed by atoms with Crippen LogP contribution < -0.4 is 4.74 Å². The van der Waals surface area contributed by atoms with E-state index in [9.17, 15) is 57.9 Å². The Bertz CT molecular complexity index is 1080. The van der Waals surface area contributed by atoms with Crippen molar-refractivity contribution < 1.29 is 72.5 Å². The Morgan fingerprint density at radius 1 is 0.657 bits per heavy atom. The van der Waals surface area contributed by atoms with E-state index in [1.807, 2.05) is 0 Å². The van der Waals surface area contributed by atoms with Gasteiger partial charge in [0, 0.05) is 0 Å². The van der Waals surface area contributed by atoms with Crippen LogP contribution in [-0.4, -0.2) is 47.3 Å². The van der Waals surface area contributed by atoms with Gasteiger partial charge in [-0.1, -0.05) is 24.3 Å². The molecule has 0 saturated carbocycles. The van der Waals surface area contributed by atoms with Crippen molar-refractivity contribution in [3.05, 3.63) is 54.1 Å². The van der Waals surface area contributed by atoms with Crippen LogP contribution in [-0.2, 0) is 9.53 Å². The Morgan fingerprint density at radius 2 is 1.09 bits per heavy atom. The van der Waals surface area contributed by atoms with Crippen molar-refractivity contribution in [2.24, 2.45) is 0 Å². The number of halogens is 11. The van der Waals surface area contributed by atoms with Crippen molar-refractivity contribution >= 4 is 11.9 Å². The second kappa shape index (κ2) is 8.98. The lowest BCUT2D eigenvalue weighted by molar-refractivity contribution is -0.474. The maximum Gasteiger partial charge on any atom is 0.462 e. The fraction of sp³-hybridized carbons (Fsp3) is 0.263. The van der Waals surface area contributed by atoms with E-state index in [0.717, 1.165) is 12.1 Å². The van der Waals surface area contributed by atoms with Crippen LogP contribution in [0.2, 0.25) is 0 Å². The van der Waals surface area contributed by atoms with E-state index in [4.69, 9.17) is 5.11 Å². The van der Waals surface area contributed by atoms with Gasteiger partial charge in [0.15, 0.2) is 0 Å². The molecule has 0 saturated heterocycles. The van der Waals surface area contributed by atoms with Crippen LogP contribution in [0, 0.1) is 0 Å². The summed E-state index contributed by atoms with van der Waals surface area (Å²) in [5, 5.41) is 8.83. The Morgan fingerprint density at radius 3 is 1.46 bits per heavy atom. The second-order valence-electron chi connectivity index (χ2n) is 6.58. The van der Waals surface area contributed by atoms with Crippen molar-refractivity contribution in [3.8, 4) is 16.9 Å². The number of carboxylic acids is 1. The van der Waals surface area contributed by atoms with Gasteiger partial charge in [0.2, 0.25) is 0 Å². The third-order valence-corrected chi connectivity index (χ3v) is 4.15. The average Bonchev–Trinajstić information content (AvgIpc) is 2.72. The number of alkyl halides is 11. The number of carbonyl (C=O) groups excluding carboxylic acids is 1. The minimum absolute atomic E-state index is 0.0985. The molecule has 0 bridgehead atoms. The molecule has 2 rings (SSSR count). The Hall–Kier alpha value is -3.43. The van der Waals surface area contributed by atoms with Crippen LogP contribution in [0.4, 0.5) is 48.3 Å². The summed E-state index contributed by atoms with van der Waals surface area (Å²) in [7, 11) is 0. The number of carbonyl (C=O) groups is 2. The minimum atomic E-state index is -7.32. The van der Waals surface area contributed by atoms with Gasteiger partial charge in [-0.25, -0.2) is 9.59 Å². The molecule has 5 nitrogen and oxygen atoms in total. The molecule has 0 fully saturated rings. The summed E-state index contributed by atoms with van der Waals surface area (Å²) in [4.78, 5) is 22.5. The molecule has 2 aromatic rings. The third kappa shape index (κ3) is 5.47. The number of ether oxygens (including phenoxy) is 2. The first-order valence-corrected chi connectivity index (χ1v) is 8.67. The molecule has 0 heterocycles. The fourth-order valence-corrected chi connectivity index (χ4v) is 2.31. The standard InChI is InChI=1S/C19H9F11O5/c20-15(17(23,24)25,35-19(29,30)16(21,22)18(26,27)28)14(33)34-12-7-5-10(6-8-12)9-1-3-11(4-2-9)13(31)32/h1-8H,(H,31,32). The van der Waals surface area contributed by atoms with Crippen LogP contribution in [0.5, 0.6) is 5.75 Å². The third-order valence-electron chi connectivity index (χ3n) is 4.15. The molecule has 16 heteroatoms. The highest BCUT2D eigenvalue weighted by Crippen LogP contribution is 2.51. The largest absolute Gasteiger partial charge is 0.478 e. The number of esters is 1. The number of aromatic carboxylic acids is 1. The molecular formula is C19H9F11O5. The summed E-state index contributed by atoms with van der Waals surface area (Å²) in [5.74, 6) is -19.4. The Kier molecular flexibility index (Phi) is 7.13. The van der Waals surface area contributed by atoms with E-state index in [2.05, 4.69) is 9.47 Å². The van der Waals surface area contributed by atoms with Gasteiger partial charge in [0.1, 0.15) is 5.75 Å². The van der Waals surface area contributed by atoms with Crippen LogP contribution >= 0.6 is 0 Å². The van der Waals surface area contributed by atoms with Crippen molar-refractivity contribution in [3.63, 3.8) is 0 Å². The molecule has 1 atom stereocenters. The highest BCUT2D eigenvalue weighted by atomic mass is 19.4. The molecule has 0 spiro atoms. The van der Waals surface area contributed by atoms with Gasteiger partial charge >= 0.3 is 42.2 Å². The van der Waals surface area contributed by atoms with Crippen molar-refractivity contribution in [2.75, 3.05) is 0 Å². The second-order valence-corrected chi connectivity index (χ2v) is 6.58. The van der Waals surface area contributed by atoms with Gasteiger partial charge in [-0.2, -0.15) is 48.3 Å². The maximum atomic E-state index is 14.2. The first-order chi connectivity index (χ1) is 15.7. The van der Waals surface area contributed by atoms with Gasteiger partial charge < -0.3 is 9.84 Å². The maximum absolute atomic E-state index is 14.2. The van der Waals surface area contributed by atoms with Crippen LogP contribution in [0.15, 0.2) is 48.5 Å². The zero-order valence-corrected chi connectivity index (χ0v) is 16.4. The minimum Gasteiger partial charge on any atom is -0.478 e. The number of rotatable bonds is 7. The monoisotopic (exact) mass is 526 g/mol. The highest BCUT2D eigenvalue weighted by Gasteiger charge is 2.80. The lowest BCUT2D eigenvalue weighted by Crippen LogP contribution is -2.62. The summed E-state index contributed by atoms with van der Waals surface area (Å²) in [6, 6.07) is 8.41. The lowest BCUT2D eigenvalue weighted by atomic mass is 10.0. The molecular weight excluding hydrogens is 517 g/mol. The van der Waals surface area contributed by atoms with Crippen LogP contribution in [0.25, 0.3) is 11.1 Å². The SMILES string of the molecule is O=C(O)c1ccc(-c2ccc(OC(=O)C(F)(OC(F)(F)C(F)(F)C(F)(F)F)C(F)(F)F)cc2)cc1. The first kappa shape index (κ1) is 27.8. The molecule has 0 aliphatic heterocycles. The molecule has 0 radical (unpaired) electrons. The molecule has 0 amide bonds. The predicted octanol–water partition coefficient (Wildman–Crippen LogP) is 5.99. The van der Waals surface area contributed by atoms with Crippen molar-refractivity contribution in [2.45, 2.75) is 30.2 Å². The Balaban J connectivity index is 2.30. The van der Waals surface area contributed by atoms with Gasteiger partial charge in [-0.15, -0.1) is 0 Å². The summed E-state index contributed by atoms with van der Waals surface area (Å²) >= 11 is 0. The molecule has 2 aromatic carbocycles. The van der Waals surface area contributed by atoms with Crippen molar-refractivity contribution in [1.29, 1.82) is 0 Å². The molecule has 0 aliphatic rings. The van der Waals surface area contributed by atoms with E-state index < -0.39 is 47.9 Å². The number of benzene rings is 2. The smallest absolute Gasteiger partial charge is 0.462 e. The molecule has 35 heavy (non-hydrogen) atoms. The quantitative estimate of drug-likeness (QED) is 0.273. The molecule has 0 aliphatic carbocycles. The van der Waals surface area contributed by atoms with Gasteiger partial charge in [0.05, 0.1) is 5.56 Å². The number of hydrogen-bond donors (Lipinski definition) is 1. The topological polar surface area (TPSA) is 72.8 Å². The van der Waals surface area contributed by atoms with E-state index in [-0.39, 0.29) is 11.1 Å². The van der Waals surface area contributed by atoms with E-state index >= 15 is 0 Å². The summed E-state index contributed by atoms with van der Waals surface area (Å²) in [6.45, 7) is 0. The molecule has 0 aromatic heterocycles. The first-order valence-electron chi connectivity index (χ1n) is 8.67. The summed E-state index contributed by atoms with van der Waals surface area (Å²) in [6.07, 6.45) is -21.2. The van der Waals surface area contributed by atoms with Gasteiger partial charge in [0.25, 0.3) is 0 Å². The average molecular weight is 526 g/mol. The van der Waals surface area contributed by atoms with E-state index in [0.29, 0.717) is 17.7 Å². The normalized spacial score (nSPS) is 14.8. The summed E-state index contributed by atoms with van der Waals surface area (Å²) < 4.78 is 148. The van der Waals surface area contributed by atoms with E-state index in [1.54, 1.807) is 0 Å². The lowest BCUT2D eigenvalue weighted by Gasteiger charge is -2.33. The van der Waals surface area contributed by atoms with Gasteiger partial charge in [-0.3, -0.25) is 4.74 Å². The van der Waals surface area contributed by atoms with Gasteiger partial charge in [-0.05, 0) is 35.4 Å². The van der Waals surface area contributed by atoms with Crippen LogP contribution in [0.1, 0.15) is 10.4 Å². The van der Waals surface area contributed by atoms with Crippen molar-refractivity contribution in [1.82, 2.24) is 0 Å². The zero-order chi connectivity index (χ0) is 27.0. The highest BCUT2D eigenvalue weighted by molar-refractivity contribution is 5.88. The molecule has 192 valence electrons. The number of carboxylic acid groups (broad SMARTS) is 1. The molecule has 1 unspecified atom stereocenters. The fourth-order valence-electron chi connectivity index (χ4n) is 2.31. The predicted molar refractivity (Wildman–Crippen MR) is 91.4 cm³/mol. The summed E-state index contributed by atoms with van der Waals surface area (Å²) in [5.41, 5.74) is 0.468. The zero-order valence-electron chi connectivity index (χ0n) is 16.4. The number of hydrogen-bond acceptors (Lipinski definition) is 4. The molecule has 1 N–H and O–H groups in total. The Labute approximate surface area is 186 Å². The van der Waals surface area contributed by atoms with E-state index in [1.165, 1.54) is 24.3 Å². The van der Waals surface area contributed by atoms with Crippen LogP contribution in [0.3, 0.4) is 0 Å².